The number of nitrogens with one attached hydrogen (secondary N) is 3. The van der Waals surface area contributed by atoms with E-state index in [1.165, 1.54) is 4.90 Å². The molecule has 2 heterocycles. The van der Waals surface area contributed by atoms with Gasteiger partial charge in [-0.05, 0) is 37.8 Å². The van der Waals surface area contributed by atoms with E-state index in [0.717, 1.165) is 12.1 Å². The smallest absolute Gasteiger partial charge is 0.450 e. The van der Waals surface area contributed by atoms with E-state index in [4.69, 9.17) is 38.8 Å². The number of carbonyl (C=O) groups is 2. The van der Waals surface area contributed by atoms with Crippen molar-refractivity contribution in [3.8, 4) is 0 Å². The molecule has 3 rings (SSSR count). The first-order chi connectivity index (χ1) is 16.6. The Bertz CT molecular complexity index is 1120. The predicted molar refractivity (Wildman–Crippen MR) is 130 cm³/mol. The molecular weight excluding hydrogens is 523 g/mol. The number of rotatable bonds is 10. The topological polar surface area (TPSA) is 180 Å². The molecule has 0 saturated carbocycles. The van der Waals surface area contributed by atoms with E-state index in [0.29, 0.717) is 38.2 Å². The summed E-state index contributed by atoms with van der Waals surface area (Å²) in [4.78, 5) is 32.5. The molecule has 1 aliphatic heterocycles. The zero-order valence-corrected chi connectivity index (χ0v) is 20.9. The maximum absolute atomic E-state index is 13.4. The van der Waals surface area contributed by atoms with Crippen molar-refractivity contribution < 1.29 is 27.9 Å². The number of ether oxygens (including phenoxy) is 1. The highest BCUT2D eigenvalue weighted by Gasteiger charge is 2.36. The molecule has 0 spiro atoms. The maximum Gasteiger partial charge on any atom is 0.507 e. The molecule has 192 valence electrons. The maximum atomic E-state index is 13.4. The third kappa shape index (κ3) is 7.13. The number of hydrogen-bond donors (Lipinski definition) is 5. The van der Waals surface area contributed by atoms with Crippen molar-refractivity contribution in [2.75, 3.05) is 24.1 Å². The van der Waals surface area contributed by atoms with E-state index in [1.54, 1.807) is 12.4 Å². The second-order valence-electron chi connectivity index (χ2n) is 7.85. The quantitative estimate of drug-likeness (QED) is 0.169. The van der Waals surface area contributed by atoms with Crippen molar-refractivity contribution in [3.05, 3.63) is 34.6 Å². The molecule has 1 aromatic heterocycles. The number of anilines is 2. The predicted octanol–water partition coefficient (Wildman–Crippen LogP) is 2.87. The number of H-pyrrole nitrogens is 1. The van der Waals surface area contributed by atoms with Crippen LogP contribution in [0.15, 0.2) is 29.4 Å². The number of nitrogens with zero attached hydrogens (tertiary/aromatic N) is 2. The fraction of sp³-hybridized carbons (Fsp3) is 0.450. The summed E-state index contributed by atoms with van der Waals surface area (Å²) >= 11 is 12.0. The summed E-state index contributed by atoms with van der Waals surface area (Å²) in [6.45, 7) is 0.632. The van der Waals surface area contributed by atoms with Gasteiger partial charge < -0.3 is 30.8 Å². The first kappa shape index (κ1) is 26.9. The van der Waals surface area contributed by atoms with Gasteiger partial charge in [0.05, 0.1) is 20.6 Å². The molecule has 2 atom stereocenters. The van der Waals surface area contributed by atoms with Gasteiger partial charge in [0.25, 0.3) is 0 Å². The van der Waals surface area contributed by atoms with Crippen LogP contribution in [0.3, 0.4) is 0 Å². The molecule has 12 nitrogen and oxygen atoms in total. The van der Waals surface area contributed by atoms with E-state index in [1.807, 2.05) is 0 Å². The highest BCUT2D eigenvalue weighted by molar-refractivity contribution is 7.89. The standard InChI is InChI=1S/C20H26Cl2N6O6S/c21-13-10-12(11-14(22)17(13)23)35(32,33)27-15(4-3-6-24-19-25-7-8-26-19)18(29)28-9-2-1-5-16(28)34-20(30)31/h7-8,10-11,15-16,27H,1-6,9,23H2,(H,30,31)(H2,24,25,26)/t15-,16+/m0/s1. The van der Waals surface area contributed by atoms with Crippen LogP contribution in [0.1, 0.15) is 32.1 Å². The molecule has 1 saturated heterocycles. The normalized spacial score (nSPS) is 17.1. The summed E-state index contributed by atoms with van der Waals surface area (Å²) in [5.74, 6) is -0.0595. The number of nitrogens with two attached hydrogens (primary N) is 1. The van der Waals surface area contributed by atoms with Crippen LogP contribution in [0, 0.1) is 0 Å². The molecule has 0 unspecified atom stereocenters. The number of benzene rings is 1. The Morgan fingerprint density at radius 3 is 2.66 bits per heavy atom. The number of imidazole rings is 1. The first-order valence-corrected chi connectivity index (χ1v) is 13.0. The van der Waals surface area contributed by atoms with Crippen molar-refractivity contribution in [1.29, 1.82) is 0 Å². The third-order valence-corrected chi connectivity index (χ3v) is 7.46. The largest absolute Gasteiger partial charge is 0.507 e. The van der Waals surface area contributed by atoms with E-state index in [9.17, 15) is 18.0 Å². The van der Waals surface area contributed by atoms with E-state index < -0.39 is 34.4 Å². The minimum atomic E-state index is -4.24. The molecule has 1 fully saturated rings. The average Bonchev–Trinajstić information content (AvgIpc) is 3.32. The minimum Gasteiger partial charge on any atom is -0.450 e. The number of carbonyl (C=O) groups excluding carboxylic acids is 1. The Labute approximate surface area is 212 Å². The van der Waals surface area contributed by atoms with Gasteiger partial charge in [-0.25, -0.2) is 18.2 Å². The molecule has 0 bridgehead atoms. The van der Waals surface area contributed by atoms with Gasteiger partial charge >= 0.3 is 6.16 Å². The summed E-state index contributed by atoms with van der Waals surface area (Å²) in [7, 11) is -4.24. The number of likely N-dealkylation sites (tertiary alicyclic amines) is 1. The number of sulfonamides is 1. The van der Waals surface area contributed by atoms with Gasteiger partial charge in [0, 0.05) is 31.9 Å². The molecule has 6 N–H and O–H groups in total. The lowest BCUT2D eigenvalue weighted by Gasteiger charge is -2.36. The Morgan fingerprint density at radius 2 is 2.03 bits per heavy atom. The summed E-state index contributed by atoms with van der Waals surface area (Å²) < 4.78 is 33.6. The van der Waals surface area contributed by atoms with Crippen molar-refractivity contribution in [2.24, 2.45) is 0 Å². The summed E-state index contributed by atoms with van der Waals surface area (Å²) in [5.41, 5.74) is 5.73. The second kappa shape index (κ2) is 11.8. The SMILES string of the molecule is Nc1c(Cl)cc(S(=O)(=O)N[C@@H](CCCNc2ncc[nH]2)C(=O)N2CCCC[C@H]2OC(=O)O)cc1Cl. The molecule has 2 aromatic rings. The van der Waals surface area contributed by atoms with Crippen molar-refractivity contribution >= 4 is 56.9 Å². The van der Waals surface area contributed by atoms with Gasteiger partial charge in [0.15, 0.2) is 12.2 Å². The van der Waals surface area contributed by atoms with Gasteiger partial charge in [-0.2, -0.15) is 4.72 Å². The zero-order valence-electron chi connectivity index (χ0n) is 18.5. The van der Waals surface area contributed by atoms with Crippen LogP contribution in [0.4, 0.5) is 16.4 Å². The molecule has 1 aromatic carbocycles. The Morgan fingerprint density at radius 1 is 1.31 bits per heavy atom. The fourth-order valence-electron chi connectivity index (χ4n) is 3.67. The number of carboxylic acid groups (broad SMARTS) is 1. The number of halogens is 2. The Kier molecular flexibility index (Phi) is 9.05. The van der Waals surface area contributed by atoms with Crippen molar-refractivity contribution in [2.45, 2.75) is 49.3 Å². The number of aromatic amines is 1. The number of hydrogen-bond acceptors (Lipinski definition) is 8. The van der Waals surface area contributed by atoms with Crippen LogP contribution in [-0.4, -0.2) is 65.8 Å². The first-order valence-electron chi connectivity index (χ1n) is 10.8. The van der Waals surface area contributed by atoms with Gasteiger partial charge in [-0.3, -0.25) is 4.79 Å². The number of piperidine rings is 1. The second-order valence-corrected chi connectivity index (χ2v) is 10.4. The van der Waals surface area contributed by atoms with Crippen molar-refractivity contribution in [1.82, 2.24) is 19.6 Å². The monoisotopic (exact) mass is 548 g/mol. The zero-order chi connectivity index (χ0) is 25.6. The van der Waals surface area contributed by atoms with Crippen LogP contribution < -0.4 is 15.8 Å². The highest BCUT2D eigenvalue weighted by Crippen LogP contribution is 2.31. The molecule has 0 radical (unpaired) electrons. The molecule has 1 aliphatic rings. The Hall–Kier alpha value is -2.74. The summed E-state index contributed by atoms with van der Waals surface area (Å²) in [5, 5.41) is 12.0. The lowest BCUT2D eigenvalue weighted by Crippen LogP contribution is -2.54. The number of nitrogen functional groups attached to an aromatic ring is 1. The fourth-order valence-corrected chi connectivity index (χ4v) is 5.56. The average molecular weight is 549 g/mol. The lowest BCUT2D eigenvalue weighted by molar-refractivity contribution is -0.147. The van der Waals surface area contributed by atoms with Gasteiger partial charge in [-0.1, -0.05) is 23.2 Å². The molecule has 0 aliphatic carbocycles. The van der Waals surface area contributed by atoms with Crippen LogP contribution in [0.5, 0.6) is 0 Å². The molecule has 15 heteroatoms. The number of aromatic nitrogens is 2. The molecular formula is C20H26Cl2N6O6S. The minimum absolute atomic E-state index is 0.0332. The summed E-state index contributed by atoms with van der Waals surface area (Å²) in [6, 6.07) is 1.08. The number of amides is 1. The van der Waals surface area contributed by atoms with Gasteiger partial charge in [0.1, 0.15) is 6.04 Å². The third-order valence-electron chi connectivity index (χ3n) is 5.39. The molecule has 35 heavy (non-hydrogen) atoms. The highest BCUT2D eigenvalue weighted by atomic mass is 35.5. The molecule has 1 amide bonds. The van der Waals surface area contributed by atoms with E-state index in [-0.39, 0.29) is 33.6 Å². The van der Waals surface area contributed by atoms with Gasteiger partial charge in [-0.15, -0.1) is 0 Å². The lowest BCUT2D eigenvalue weighted by atomic mass is 10.1. The van der Waals surface area contributed by atoms with Crippen LogP contribution >= 0.6 is 23.2 Å². The van der Waals surface area contributed by atoms with E-state index in [2.05, 4.69) is 20.0 Å². The summed E-state index contributed by atoms with van der Waals surface area (Å²) in [6.07, 6.45) is 2.83. The van der Waals surface area contributed by atoms with Crippen LogP contribution in [0.25, 0.3) is 0 Å². The van der Waals surface area contributed by atoms with Gasteiger partial charge in [0.2, 0.25) is 15.9 Å². The Balaban J connectivity index is 1.80. The van der Waals surface area contributed by atoms with Crippen LogP contribution in [0.2, 0.25) is 10.0 Å². The van der Waals surface area contributed by atoms with Crippen LogP contribution in [-0.2, 0) is 19.6 Å². The van der Waals surface area contributed by atoms with Crippen molar-refractivity contribution in [3.63, 3.8) is 0 Å². The van der Waals surface area contributed by atoms with E-state index >= 15 is 0 Å².